The van der Waals surface area contributed by atoms with Crippen LogP contribution in [0.4, 0.5) is 0 Å². The lowest BCUT2D eigenvalue weighted by Gasteiger charge is -2.14. The van der Waals surface area contributed by atoms with Crippen LogP contribution in [0.15, 0.2) is 66.7 Å². The van der Waals surface area contributed by atoms with E-state index < -0.39 is 0 Å². The van der Waals surface area contributed by atoms with E-state index in [4.69, 9.17) is 9.47 Å². The summed E-state index contributed by atoms with van der Waals surface area (Å²) in [5, 5.41) is 0. The molecule has 0 bridgehead atoms. The Labute approximate surface area is 141 Å². The van der Waals surface area contributed by atoms with Crippen LogP contribution in [0.3, 0.4) is 0 Å². The molecule has 1 atom stereocenters. The summed E-state index contributed by atoms with van der Waals surface area (Å²) in [5.74, 6) is 0.942. The van der Waals surface area contributed by atoms with Gasteiger partial charge in [-0.2, -0.15) is 0 Å². The lowest BCUT2D eigenvalue weighted by Crippen LogP contribution is -2.05. The maximum atomic E-state index is 6.03. The SMILES string of the molecule is c1ccc2c(c1)Cc1c-2cccc1-c1ccccc1OCC1CO1. The zero-order valence-electron chi connectivity index (χ0n) is 13.4. The Morgan fingerprint density at radius 2 is 1.46 bits per heavy atom. The molecule has 1 aliphatic carbocycles. The molecule has 2 nitrogen and oxygen atoms in total. The first kappa shape index (κ1) is 13.8. The van der Waals surface area contributed by atoms with Crippen LogP contribution in [0, 0.1) is 0 Å². The number of epoxide rings is 1. The summed E-state index contributed by atoms with van der Waals surface area (Å²) in [7, 11) is 0. The molecule has 2 heteroatoms. The van der Waals surface area contributed by atoms with E-state index in [0.717, 1.165) is 18.8 Å². The van der Waals surface area contributed by atoms with Crippen molar-refractivity contribution in [2.45, 2.75) is 12.5 Å². The van der Waals surface area contributed by atoms with Gasteiger partial charge in [0.2, 0.25) is 0 Å². The lowest BCUT2D eigenvalue weighted by molar-refractivity contribution is 0.264. The maximum absolute atomic E-state index is 6.03. The second-order valence-corrected chi connectivity index (χ2v) is 6.43. The minimum Gasteiger partial charge on any atom is -0.490 e. The number of hydrogen-bond donors (Lipinski definition) is 0. The molecule has 5 rings (SSSR count). The second kappa shape index (κ2) is 5.50. The average Bonchev–Trinajstić information content (AvgIpc) is 3.39. The number of benzene rings is 3. The van der Waals surface area contributed by atoms with Gasteiger partial charge in [0.05, 0.1) is 6.61 Å². The minimum atomic E-state index is 0.267. The Hall–Kier alpha value is -2.58. The summed E-state index contributed by atoms with van der Waals surface area (Å²) in [6.45, 7) is 1.45. The van der Waals surface area contributed by atoms with E-state index >= 15 is 0 Å². The topological polar surface area (TPSA) is 21.8 Å². The standard InChI is InChI=1S/C22H18O2/c1-2-7-17-15(6-1)12-21-18(17)9-5-10-19(21)20-8-3-4-11-22(20)24-14-16-13-23-16/h1-11,16H,12-14H2. The van der Waals surface area contributed by atoms with Gasteiger partial charge in [0.25, 0.3) is 0 Å². The Bertz CT molecular complexity index is 909. The number of hydrogen-bond acceptors (Lipinski definition) is 2. The van der Waals surface area contributed by atoms with Gasteiger partial charge in [-0.3, -0.25) is 0 Å². The van der Waals surface area contributed by atoms with Crippen LogP contribution < -0.4 is 4.74 Å². The molecule has 0 radical (unpaired) electrons. The summed E-state index contributed by atoms with van der Waals surface area (Å²) in [5.41, 5.74) is 7.96. The van der Waals surface area contributed by atoms with E-state index in [1.807, 2.05) is 6.07 Å². The van der Waals surface area contributed by atoms with Crippen molar-refractivity contribution in [2.24, 2.45) is 0 Å². The van der Waals surface area contributed by atoms with Gasteiger partial charge in [0.1, 0.15) is 18.5 Å². The number of ether oxygens (including phenoxy) is 2. The molecule has 24 heavy (non-hydrogen) atoms. The highest BCUT2D eigenvalue weighted by molar-refractivity contribution is 5.86. The molecule has 0 spiro atoms. The largest absolute Gasteiger partial charge is 0.490 e. The van der Waals surface area contributed by atoms with E-state index in [2.05, 4.69) is 60.7 Å². The Kier molecular flexibility index (Phi) is 3.17. The van der Waals surface area contributed by atoms with Crippen molar-refractivity contribution in [3.05, 3.63) is 77.9 Å². The molecule has 1 heterocycles. The first-order chi connectivity index (χ1) is 11.9. The molecule has 1 unspecified atom stereocenters. The third kappa shape index (κ3) is 2.31. The molecule has 0 aromatic heterocycles. The predicted molar refractivity (Wildman–Crippen MR) is 95.4 cm³/mol. The van der Waals surface area contributed by atoms with E-state index in [9.17, 15) is 0 Å². The molecule has 1 saturated heterocycles. The van der Waals surface area contributed by atoms with Crippen molar-refractivity contribution in [1.29, 1.82) is 0 Å². The number of para-hydroxylation sites is 1. The van der Waals surface area contributed by atoms with Crippen LogP contribution in [0.1, 0.15) is 11.1 Å². The fraction of sp³-hybridized carbons (Fsp3) is 0.182. The van der Waals surface area contributed by atoms with Crippen molar-refractivity contribution in [3.8, 4) is 28.0 Å². The van der Waals surface area contributed by atoms with Crippen LogP contribution in [-0.4, -0.2) is 19.3 Å². The highest BCUT2D eigenvalue weighted by Crippen LogP contribution is 2.43. The molecular weight excluding hydrogens is 296 g/mol. The zero-order valence-corrected chi connectivity index (χ0v) is 13.4. The van der Waals surface area contributed by atoms with E-state index in [0.29, 0.717) is 6.61 Å². The molecular formula is C22H18O2. The lowest BCUT2D eigenvalue weighted by atomic mass is 9.95. The molecule has 0 amide bonds. The van der Waals surface area contributed by atoms with Crippen molar-refractivity contribution in [1.82, 2.24) is 0 Å². The summed E-state index contributed by atoms with van der Waals surface area (Å²) in [6, 6.07) is 23.6. The van der Waals surface area contributed by atoms with Gasteiger partial charge in [0.15, 0.2) is 0 Å². The van der Waals surface area contributed by atoms with Gasteiger partial charge in [-0.05, 0) is 40.3 Å². The van der Waals surface area contributed by atoms with Crippen molar-refractivity contribution < 1.29 is 9.47 Å². The number of rotatable bonds is 4. The third-order valence-corrected chi connectivity index (χ3v) is 4.86. The van der Waals surface area contributed by atoms with E-state index in [-0.39, 0.29) is 6.10 Å². The van der Waals surface area contributed by atoms with Gasteiger partial charge < -0.3 is 9.47 Å². The summed E-state index contributed by atoms with van der Waals surface area (Å²) in [4.78, 5) is 0. The first-order valence-electron chi connectivity index (χ1n) is 8.44. The smallest absolute Gasteiger partial charge is 0.127 e. The van der Waals surface area contributed by atoms with Crippen LogP contribution in [0.5, 0.6) is 5.75 Å². The van der Waals surface area contributed by atoms with E-state index in [1.165, 1.54) is 33.4 Å². The Balaban J connectivity index is 1.59. The molecule has 0 N–H and O–H groups in total. The van der Waals surface area contributed by atoms with Crippen LogP contribution in [-0.2, 0) is 11.2 Å². The van der Waals surface area contributed by atoms with Gasteiger partial charge in [-0.25, -0.2) is 0 Å². The molecule has 3 aromatic carbocycles. The van der Waals surface area contributed by atoms with Crippen LogP contribution in [0.2, 0.25) is 0 Å². The summed E-state index contributed by atoms with van der Waals surface area (Å²) in [6.07, 6.45) is 1.26. The monoisotopic (exact) mass is 314 g/mol. The Morgan fingerprint density at radius 1 is 0.792 bits per heavy atom. The Morgan fingerprint density at radius 3 is 2.29 bits per heavy atom. The highest BCUT2D eigenvalue weighted by atomic mass is 16.6. The fourth-order valence-electron chi connectivity index (χ4n) is 3.57. The van der Waals surface area contributed by atoms with Crippen LogP contribution >= 0.6 is 0 Å². The second-order valence-electron chi connectivity index (χ2n) is 6.43. The minimum absolute atomic E-state index is 0.267. The number of fused-ring (bicyclic) bond motifs is 3. The molecule has 1 aliphatic heterocycles. The van der Waals surface area contributed by atoms with Gasteiger partial charge in [-0.1, -0.05) is 60.7 Å². The van der Waals surface area contributed by atoms with E-state index in [1.54, 1.807) is 0 Å². The quantitative estimate of drug-likeness (QED) is 0.509. The highest BCUT2D eigenvalue weighted by Gasteiger charge is 2.25. The average molecular weight is 314 g/mol. The van der Waals surface area contributed by atoms with Gasteiger partial charge in [0, 0.05) is 5.56 Å². The van der Waals surface area contributed by atoms with Gasteiger partial charge >= 0.3 is 0 Å². The molecule has 2 aliphatic rings. The van der Waals surface area contributed by atoms with Crippen molar-refractivity contribution in [3.63, 3.8) is 0 Å². The molecule has 3 aromatic rings. The first-order valence-corrected chi connectivity index (χ1v) is 8.44. The van der Waals surface area contributed by atoms with Crippen LogP contribution in [0.25, 0.3) is 22.3 Å². The predicted octanol–water partition coefficient (Wildman–Crippen LogP) is 4.70. The summed E-state index contributed by atoms with van der Waals surface area (Å²) >= 11 is 0. The summed E-state index contributed by atoms with van der Waals surface area (Å²) < 4.78 is 11.3. The maximum Gasteiger partial charge on any atom is 0.127 e. The molecule has 0 saturated carbocycles. The van der Waals surface area contributed by atoms with Crippen molar-refractivity contribution in [2.75, 3.05) is 13.2 Å². The zero-order chi connectivity index (χ0) is 15.9. The molecule has 118 valence electrons. The fourth-order valence-corrected chi connectivity index (χ4v) is 3.57. The van der Waals surface area contributed by atoms with Gasteiger partial charge in [-0.15, -0.1) is 0 Å². The molecule has 1 fully saturated rings. The normalized spacial score (nSPS) is 17.2. The third-order valence-electron chi connectivity index (χ3n) is 4.86. The van der Waals surface area contributed by atoms with Crippen molar-refractivity contribution >= 4 is 0 Å².